The predicted octanol–water partition coefficient (Wildman–Crippen LogP) is 2.93. The number of rotatable bonds is 4. The number of aromatic nitrogens is 1. The Bertz CT molecular complexity index is 322. The number of halogens is 1. The Labute approximate surface area is 93.7 Å². The Morgan fingerprint density at radius 1 is 1.71 bits per heavy atom. The molecule has 1 aliphatic rings. The van der Waals surface area contributed by atoms with Crippen molar-refractivity contribution in [3.05, 3.63) is 15.5 Å². The summed E-state index contributed by atoms with van der Waals surface area (Å²) < 4.78 is 0.772. The van der Waals surface area contributed by atoms with Crippen molar-refractivity contribution in [2.45, 2.75) is 26.8 Å². The van der Waals surface area contributed by atoms with Gasteiger partial charge in [0.15, 0.2) is 0 Å². The third-order valence-electron chi connectivity index (χ3n) is 2.91. The maximum atomic E-state index is 5.79. The lowest BCUT2D eigenvalue weighted by Crippen LogP contribution is -2.17. The molecule has 1 aromatic heterocycles. The van der Waals surface area contributed by atoms with E-state index in [1.807, 2.05) is 0 Å². The maximum Gasteiger partial charge on any atom is 0.113 e. The van der Waals surface area contributed by atoms with E-state index >= 15 is 0 Å². The first kappa shape index (κ1) is 10.4. The minimum atomic E-state index is 0.563. The molecule has 0 aliphatic heterocycles. The van der Waals surface area contributed by atoms with Gasteiger partial charge in [-0.05, 0) is 24.3 Å². The topological polar surface area (TPSA) is 24.9 Å². The van der Waals surface area contributed by atoms with Crippen LogP contribution in [0.2, 0.25) is 4.34 Å². The maximum absolute atomic E-state index is 5.79. The molecular weight excluding hydrogens is 216 g/mol. The van der Waals surface area contributed by atoms with Gasteiger partial charge in [0, 0.05) is 6.54 Å². The molecule has 14 heavy (non-hydrogen) atoms. The Morgan fingerprint density at radius 3 is 2.93 bits per heavy atom. The molecule has 0 spiro atoms. The van der Waals surface area contributed by atoms with Crippen molar-refractivity contribution in [1.82, 2.24) is 10.3 Å². The Balaban J connectivity index is 1.69. The lowest BCUT2D eigenvalue weighted by Gasteiger charge is -2.03. The first-order chi connectivity index (χ1) is 6.58. The zero-order valence-corrected chi connectivity index (χ0v) is 10.1. The van der Waals surface area contributed by atoms with Crippen LogP contribution in [0.4, 0.5) is 0 Å². The van der Waals surface area contributed by atoms with E-state index in [9.17, 15) is 0 Å². The molecule has 0 amide bonds. The SMILES string of the molecule is CC1(C)CC1CNCc1ncc(Cl)s1. The van der Waals surface area contributed by atoms with Gasteiger partial charge >= 0.3 is 0 Å². The van der Waals surface area contributed by atoms with Crippen molar-refractivity contribution in [3.8, 4) is 0 Å². The summed E-state index contributed by atoms with van der Waals surface area (Å²) in [5, 5.41) is 4.50. The van der Waals surface area contributed by atoms with Gasteiger partial charge in [-0.25, -0.2) is 4.98 Å². The summed E-state index contributed by atoms with van der Waals surface area (Å²) in [5.41, 5.74) is 0.563. The van der Waals surface area contributed by atoms with Crippen molar-refractivity contribution >= 4 is 22.9 Å². The van der Waals surface area contributed by atoms with Crippen LogP contribution in [0, 0.1) is 11.3 Å². The monoisotopic (exact) mass is 230 g/mol. The number of nitrogens with zero attached hydrogens (tertiary/aromatic N) is 1. The summed E-state index contributed by atoms with van der Waals surface area (Å²) in [6.45, 7) is 6.59. The van der Waals surface area contributed by atoms with E-state index in [0.717, 1.165) is 28.4 Å². The fraction of sp³-hybridized carbons (Fsp3) is 0.700. The van der Waals surface area contributed by atoms with Crippen molar-refractivity contribution in [1.29, 1.82) is 0 Å². The summed E-state index contributed by atoms with van der Waals surface area (Å²) in [4.78, 5) is 4.19. The van der Waals surface area contributed by atoms with Gasteiger partial charge in [-0.1, -0.05) is 25.4 Å². The standard InChI is InChI=1S/C10H15ClN2S/c1-10(2)3-7(10)4-12-6-9-13-5-8(11)14-9/h5,7,12H,3-4,6H2,1-2H3. The molecule has 1 aliphatic carbocycles. The molecule has 1 N–H and O–H groups in total. The average molecular weight is 231 g/mol. The van der Waals surface area contributed by atoms with Gasteiger partial charge in [-0.3, -0.25) is 0 Å². The molecule has 0 saturated heterocycles. The largest absolute Gasteiger partial charge is 0.310 e. The van der Waals surface area contributed by atoms with E-state index in [1.165, 1.54) is 6.42 Å². The van der Waals surface area contributed by atoms with Crippen LogP contribution in [-0.2, 0) is 6.54 Å². The van der Waals surface area contributed by atoms with Gasteiger partial charge in [0.2, 0.25) is 0 Å². The molecule has 0 radical (unpaired) electrons. The zero-order chi connectivity index (χ0) is 10.2. The summed E-state index contributed by atoms with van der Waals surface area (Å²) in [7, 11) is 0. The summed E-state index contributed by atoms with van der Waals surface area (Å²) in [6.07, 6.45) is 3.06. The fourth-order valence-corrected chi connectivity index (χ4v) is 2.57. The van der Waals surface area contributed by atoms with Crippen LogP contribution in [0.15, 0.2) is 6.20 Å². The van der Waals surface area contributed by atoms with E-state index in [4.69, 9.17) is 11.6 Å². The molecule has 1 unspecified atom stereocenters. The van der Waals surface area contributed by atoms with Gasteiger partial charge in [0.05, 0.1) is 6.20 Å². The molecule has 1 fully saturated rings. The van der Waals surface area contributed by atoms with E-state index in [1.54, 1.807) is 17.5 Å². The zero-order valence-electron chi connectivity index (χ0n) is 8.51. The van der Waals surface area contributed by atoms with Crippen LogP contribution in [0.1, 0.15) is 25.3 Å². The third kappa shape index (κ3) is 2.47. The van der Waals surface area contributed by atoms with Crippen LogP contribution in [0.25, 0.3) is 0 Å². The van der Waals surface area contributed by atoms with Gasteiger partial charge in [-0.15, -0.1) is 11.3 Å². The van der Waals surface area contributed by atoms with Crippen LogP contribution < -0.4 is 5.32 Å². The van der Waals surface area contributed by atoms with Crippen molar-refractivity contribution in [2.75, 3.05) is 6.54 Å². The number of hydrogen-bond acceptors (Lipinski definition) is 3. The minimum absolute atomic E-state index is 0.563. The molecule has 0 bridgehead atoms. The number of nitrogens with one attached hydrogen (secondary N) is 1. The third-order valence-corrected chi connectivity index (χ3v) is 4.02. The Morgan fingerprint density at radius 2 is 2.43 bits per heavy atom. The molecule has 4 heteroatoms. The second kappa shape index (κ2) is 3.80. The molecule has 78 valence electrons. The molecule has 1 heterocycles. The quantitative estimate of drug-likeness (QED) is 0.861. The van der Waals surface area contributed by atoms with E-state index in [2.05, 4.69) is 24.1 Å². The van der Waals surface area contributed by atoms with Crippen LogP contribution in [-0.4, -0.2) is 11.5 Å². The van der Waals surface area contributed by atoms with Crippen LogP contribution in [0.5, 0.6) is 0 Å². The smallest absolute Gasteiger partial charge is 0.113 e. The number of thiazole rings is 1. The van der Waals surface area contributed by atoms with Crippen molar-refractivity contribution in [3.63, 3.8) is 0 Å². The molecule has 2 nitrogen and oxygen atoms in total. The molecule has 0 aromatic carbocycles. The van der Waals surface area contributed by atoms with Gasteiger partial charge in [-0.2, -0.15) is 0 Å². The summed E-state index contributed by atoms with van der Waals surface area (Å²) >= 11 is 7.34. The summed E-state index contributed by atoms with van der Waals surface area (Å²) in [6, 6.07) is 0. The van der Waals surface area contributed by atoms with Gasteiger partial charge < -0.3 is 5.32 Å². The number of hydrogen-bond donors (Lipinski definition) is 1. The second-order valence-corrected chi connectivity index (χ2v) is 6.33. The fourth-order valence-electron chi connectivity index (χ4n) is 1.65. The second-order valence-electron chi connectivity index (χ2n) is 4.58. The molecule has 1 saturated carbocycles. The molecule has 1 aromatic rings. The first-order valence-corrected chi connectivity index (χ1v) is 6.08. The van der Waals surface area contributed by atoms with Crippen LogP contribution in [0.3, 0.4) is 0 Å². The highest BCUT2D eigenvalue weighted by Gasteiger charge is 2.44. The molecule has 1 atom stereocenters. The highest BCUT2D eigenvalue weighted by atomic mass is 35.5. The normalized spacial score (nSPS) is 23.8. The van der Waals surface area contributed by atoms with Crippen LogP contribution >= 0.6 is 22.9 Å². The van der Waals surface area contributed by atoms with E-state index < -0.39 is 0 Å². The van der Waals surface area contributed by atoms with E-state index in [0.29, 0.717) is 5.41 Å². The molecular formula is C10H15ClN2S. The lowest BCUT2D eigenvalue weighted by atomic mass is 10.1. The predicted molar refractivity (Wildman–Crippen MR) is 60.7 cm³/mol. The average Bonchev–Trinajstić information content (AvgIpc) is 2.53. The summed E-state index contributed by atoms with van der Waals surface area (Å²) in [5.74, 6) is 0.845. The van der Waals surface area contributed by atoms with E-state index in [-0.39, 0.29) is 0 Å². The Hall–Kier alpha value is -0.120. The first-order valence-electron chi connectivity index (χ1n) is 4.89. The highest BCUT2D eigenvalue weighted by molar-refractivity contribution is 7.15. The minimum Gasteiger partial charge on any atom is -0.310 e. The Kier molecular flexibility index (Phi) is 2.82. The van der Waals surface area contributed by atoms with Gasteiger partial charge in [0.1, 0.15) is 9.34 Å². The van der Waals surface area contributed by atoms with Gasteiger partial charge in [0.25, 0.3) is 0 Å². The van der Waals surface area contributed by atoms with Crippen molar-refractivity contribution in [2.24, 2.45) is 11.3 Å². The highest BCUT2D eigenvalue weighted by Crippen LogP contribution is 2.50. The lowest BCUT2D eigenvalue weighted by molar-refractivity contribution is 0.519. The molecule has 2 rings (SSSR count). The van der Waals surface area contributed by atoms with Crippen molar-refractivity contribution < 1.29 is 0 Å².